The van der Waals surface area contributed by atoms with Crippen molar-refractivity contribution in [2.45, 2.75) is 38.6 Å². The second-order valence-corrected chi connectivity index (χ2v) is 6.16. The van der Waals surface area contributed by atoms with Crippen LogP contribution in [0.15, 0.2) is 41.9 Å². The Morgan fingerprint density at radius 1 is 1.59 bits per heavy atom. The zero-order chi connectivity index (χ0) is 15.7. The molecule has 0 saturated heterocycles. The maximum atomic E-state index is 10.9. The van der Waals surface area contributed by atoms with Crippen LogP contribution in [-0.2, 0) is 4.79 Å². The number of primary amides is 1. The van der Waals surface area contributed by atoms with Crippen LogP contribution in [-0.4, -0.2) is 21.5 Å². The predicted molar refractivity (Wildman–Crippen MR) is 85.1 cm³/mol. The van der Waals surface area contributed by atoms with Crippen LogP contribution >= 0.6 is 0 Å². The van der Waals surface area contributed by atoms with Crippen molar-refractivity contribution >= 4 is 11.7 Å². The molecule has 2 aliphatic heterocycles. The van der Waals surface area contributed by atoms with Crippen molar-refractivity contribution in [2.75, 3.05) is 0 Å². The summed E-state index contributed by atoms with van der Waals surface area (Å²) in [7, 11) is 0. The summed E-state index contributed by atoms with van der Waals surface area (Å²) in [6.45, 7) is 4.21. The van der Waals surface area contributed by atoms with E-state index in [2.05, 4.69) is 40.7 Å². The van der Waals surface area contributed by atoms with Crippen LogP contribution in [0.25, 0.3) is 0 Å². The molecule has 1 aromatic rings. The zero-order valence-electron chi connectivity index (χ0n) is 12.9. The summed E-state index contributed by atoms with van der Waals surface area (Å²) in [5.74, 6) is 0.892. The van der Waals surface area contributed by atoms with Gasteiger partial charge in [-0.1, -0.05) is 12.2 Å². The van der Waals surface area contributed by atoms with E-state index in [0.29, 0.717) is 12.8 Å². The first-order chi connectivity index (χ1) is 10.5. The molecule has 0 aliphatic carbocycles. The normalized spacial score (nSPS) is 27.2. The first-order valence-corrected chi connectivity index (χ1v) is 7.52. The number of nitrogens with zero attached hydrogens (tertiary/aromatic N) is 3. The smallest absolute Gasteiger partial charge is 0.217 e. The Bertz CT molecular complexity index is 672. The van der Waals surface area contributed by atoms with Gasteiger partial charge in [-0.3, -0.25) is 9.48 Å². The van der Waals surface area contributed by atoms with Gasteiger partial charge in [0.1, 0.15) is 5.84 Å². The Balaban J connectivity index is 1.79. The fourth-order valence-electron chi connectivity index (χ4n) is 3.05. The Morgan fingerprint density at radius 3 is 3.18 bits per heavy atom. The van der Waals surface area contributed by atoms with Crippen LogP contribution in [0.1, 0.15) is 44.2 Å². The number of nitrogens with two attached hydrogens (primary N) is 1. The van der Waals surface area contributed by atoms with Gasteiger partial charge >= 0.3 is 0 Å². The summed E-state index contributed by atoms with van der Waals surface area (Å²) in [5.41, 5.74) is 6.20. The van der Waals surface area contributed by atoms with Gasteiger partial charge in [0.25, 0.3) is 0 Å². The van der Waals surface area contributed by atoms with Gasteiger partial charge in [0.15, 0.2) is 0 Å². The van der Waals surface area contributed by atoms with Crippen molar-refractivity contribution in [3.63, 3.8) is 0 Å². The van der Waals surface area contributed by atoms with E-state index in [1.54, 1.807) is 0 Å². The summed E-state index contributed by atoms with van der Waals surface area (Å²) in [5, 5.41) is 7.66. The quantitative estimate of drug-likeness (QED) is 0.870. The molecular formula is C16H21N5O. The molecule has 1 aromatic heterocycles. The predicted octanol–water partition coefficient (Wildman–Crippen LogP) is 1.84. The minimum absolute atomic E-state index is 0.145. The average molecular weight is 299 g/mol. The van der Waals surface area contributed by atoms with Crippen LogP contribution in [0.3, 0.4) is 0 Å². The third-order valence-corrected chi connectivity index (χ3v) is 4.53. The highest BCUT2D eigenvalue weighted by atomic mass is 16.1. The molecule has 0 bridgehead atoms. The monoisotopic (exact) mass is 299 g/mol. The summed E-state index contributed by atoms with van der Waals surface area (Å²) in [6, 6.07) is 0.145. The number of aromatic nitrogens is 2. The number of nitrogens with one attached hydrogen (secondary N) is 1. The van der Waals surface area contributed by atoms with Crippen LogP contribution in [0, 0.1) is 5.41 Å². The molecule has 6 nitrogen and oxygen atoms in total. The zero-order valence-corrected chi connectivity index (χ0v) is 12.9. The summed E-state index contributed by atoms with van der Waals surface area (Å²) in [4.78, 5) is 15.3. The molecule has 0 fully saturated rings. The standard InChI is InChI=1S/C16H21N5O/c1-11(3-4-14(17)22)21-10-12(9-20-21)13-5-7-18-15-16(13,2)6-8-19-15/h5-11,13H,3-4H2,1-2H3,(H2,17,22)(H,18,19). The Kier molecular flexibility index (Phi) is 3.60. The van der Waals surface area contributed by atoms with Gasteiger partial charge in [0, 0.05) is 30.8 Å². The number of allylic oxidation sites excluding steroid dienone is 1. The van der Waals surface area contributed by atoms with Crippen molar-refractivity contribution in [3.8, 4) is 0 Å². The summed E-state index contributed by atoms with van der Waals surface area (Å²) in [6.07, 6.45) is 13.1. The number of hydrogen-bond donors (Lipinski definition) is 2. The molecule has 6 heteroatoms. The topological polar surface area (TPSA) is 85.3 Å². The van der Waals surface area contributed by atoms with E-state index in [9.17, 15) is 4.79 Å². The lowest BCUT2D eigenvalue weighted by Crippen LogP contribution is -2.35. The van der Waals surface area contributed by atoms with Gasteiger partial charge in [-0.05, 0) is 32.0 Å². The number of rotatable bonds is 5. The maximum absolute atomic E-state index is 10.9. The molecule has 3 atom stereocenters. The van der Waals surface area contributed by atoms with Crippen molar-refractivity contribution < 1.29 is 4.79 Å². The van der Waals surface area contributed by atoms with Crippen molar-refractivity contribution in [3.05, 3.63) is 42.5 Å². The van der Waals surface area contributed by atoms with Gasteiger partial charge in [-0.25, -0.2) is 4.99 Å². The minimum Gasteiger partial charge on any atom is -0.370 e. The molecule has 3 N–H and O–H groups in total. The largest absolute Gasteiger partial charge is 0.370 e. The number of fused-ring (bicyclic) bond motifs is 1. The molecule has 0 radical (unpaired) electrons. The first-order valence-electron chi connectivity index (χ1n) is 7.52. The Labute approximate surface area is 129 Å². The molecular weight excluding hydrogens is 278 g/mol. The summed E-state index contributed by atoms with van der Waals surface area (Å²) < 4.78 is 1.91. The van der Waals surface area contributed by atoms with Crippen molar-refractivity contribution in [1.82, 2.24) is 15.1 Å². The van der Waals surface area contributed by atoms with Gasteiger partial charge < -0.3 is 11.1 Å². The Morgan fingerprint density at radius 2 is 2.41 bits per heavy atom. The van der Waals surface area contributed by atoms with E-state index in [-0.39, 0.29) is 23.3 Å². The number of carbonyl (C=O) groups is 1. The van der Waals surface area contributed by atoms with E-state index >= 15 is 0 Å². The molecule has 116 valence electrons. The molecule has 0 spiro atoms. The molecule has 0 aromatic carbocycles. The van der Waals surface area contributed by atoms with Crippen molar-refractivity contribution in [1.29, 1.82) is 0 Å². The second kappa shape index (κ2) is 5.44. The number of carbonyl (C=O) groups excluding carboxylic acids is 1. The minimum atomic E-state index is -0.273. The summed E-state index contributed by atoms with van der Waals surface area (Å²) >= 11 is 0. The van der Waals surface area contributed by atoms with E-state index < -0.39 is 0 Å². The van der Waals surface area contributed by atoms with Crippen molar-refractivity contribution in [2.24, 2.45) is 16.1 Å². The van der Waals surface area contributed by atoms with E-state index in [1.165, 1.54) is 0 Å². The number of hydrogen-bond acceptors (Lipinski definition) is 4. The molecule has 2 aliphatic rings. The fourth-order valence-corrected chi connectivity index (χ4v) is 3.05. The number of amidine groups is 1. The van der Waals surface area contributed by atoms with Gasteiger partial charge in [-0.15, -0.1) is 0 Å². The molecule has 3 heterocycles. The van der Waals surface area contributed by atoms with Gasteiger partial charge in [-0.2, -0.15) is 5.10 Å². The fraction of sp³-hybridized carbons (Fsp3) is 0.438. The van der Waals surface area contributed by atoms with Crippen LogP contribution in [0.5, 0.6) is 0 Å². The lowest BCUT2D eigenvalue weighted by molar-refractivity contribution is -0.118. The number of amides is 1. The van der Waals surface area contributed by atoms with Crippen LogP contribution in [0.4, 0.5) is 0 Å². The SMILES string of the molecule is CC(CCC(N)=O)n1cc(C2C=CN=C3NC=CC32C)cn1. The third-order valence-electron chi connectivity index (χ3n) is 4.53. The van der Waals surface area contributed by atoms with E-state index in [1.807, 2.05) is 30.2 Å². The van der Waals surface area contributed by atoms with Crippen LogP contribution < -0.4 is 11.1 Å². The highest BCUT2D eigenvalue weighted by Gasteiger charge is 2.41. The maximum Gasteiger partial charge on any atom is 0.217 e. The molecule has 3 unspecified atom stereocenters. The molecule has 3 rings (SSSR count). The third kappa shape index (κ3) is 2.45. The average Bonchev–Trinajstić information content (AvgIpc) is 3.10. The number of aliphatic imine (C=N–C) groups is 1. The molecule has 0 saturated carbocycles. The van der Waals surface area contributed by atoms with E-state index in [0.717, 1.165) is 11.4 Å². The molecule has 1 amide bonds. The van der Waals surface area contributed by atoms with Crippen LogP contribution in [0.2, 0.25) is 0 Å². The highest BCUT2D eigenvalue weighted by molar-refractivity contribution is 5.95. The van der Waals surface area contributed by atoms with E-state index in [4.69, 9.17) is 5.73 Å². The van der Waals surface area contributed by atoms with Gasteiger partial charge in [0.2, 0.25) is 5.91 Å². The Hall–Kier alpha value is -2.37. The second-order valence-electron chi connectivity index (χ2n) is 6.16. The highest BCUT2D eigenvalue weighted by Crippen LogP contribution is 2.43. The lowest BCUT2D eigenvalue weighted by Gasteiger charge is -2.32. The lowest BCUT2D eigenvalue weighted by atomic mass is 9.73. The first kappa shape index (κ1) is 14.6. The molecule has 22 heavy (non-hydrogen) atoms. The van der Waals surface area contributed by atoms with Gasteiger partial charge in [0.05, 0.1) is 11.6 Å².